The van der Waals surface area contributed by atoms with Crippen LogP contribution in [0, 0.1) is 5.92 Å². The number of hydrogen-bond acceptors (Lipinski definition) is 2. The number of hydrogen-bond donors (Lipinski definition) is 1. The summed E-state index contributed by atoms with van der Waals surface area (Å²) in [4.78, 5) is 13.1. The smallest absolute Gasteiger partial charge is 0.218 e. The van der Waals surface area contributed by atoms with Gasteiger partial charge in [0.1, 0.15) is 0 Å². The van der Waals surface area contributed by atoms with E-state index < -0.39 is 0 Å². The van der Waals surface area contributed by atoms with Crippen molar-refractivity contribution in [3.05, 3.63) is 0 Å². The first-order chi connectivity index (χ1) is 6.59. The number of rotatable bonds is 7. The Morgan fingerprint density at radius 1 is 1.43 bits per heavy atom. The van der Waals surface area contributed by atoms with Gasteiger partial charge in [0.15, 0.2) is 0 Å². The van der Waals surface area contributed by atoms with Crippen molar-refractivity contribution >= 4 is 5.91 Å². The molecule has 0 saturated heterocycles. The minimum absolute atomic E-state index is 0.180. The van der Waals surface area contributed by atoms with Gasteiger partial charge >= 0.3 is 0 Å². The normalized spacial score (nSPS) is 16.6. The molecule has 0 atom stereocenters. The molecular weight excluding hydrogens is 176 g/mol. The van der Waals surface area contributed by atoms with Gasteiger partial charge in [-0.25, -0.2) is 0 Å². The van der Waals surface area contributed by atoms with Crippen LogP contribution in [0.25, 0.3) is 0 Å². The maximum absolute atomic E-state index is 10.7. The summed E-state index contributed by atoms with van der Waals surface area (Å²) in [5, 5.41) is 0. The van der Waals surface area contributed by atoms with E-state index in [1.54, 1.807) is 0 Å². The third-order valence-electron chi connectivity index (χ3n) is 2.70. The number of nitrogens with zero attached hydrogens (tertiary/aromatic N) is 1. The fourth-order valence-electron chi connectivity index (χ4n) is 1.59. The van der Waals surface area contributed by atoms with E-state index in [0.29, 0.717) is 6.42 Å². The minimum atomic E-state index is -0.180. The third kappa shape index (κ3) is 4.61. The van der Waals surface area contributed by atoms with E-state index in [0.717, 1.165) is 25.0 Å². The Labute approximate surface area is 86.6 Å². The summed E-state index contributed by atoms with van der Waals surface area (Å²) < 4.78 is 0. The zero-order chi connectivity index (χ0) is 10.6. The van der Waals surface area contributed by atoms with E-state index in [-0.39, 0.29) is 5.91 Å². The van der Waals surface area contributed by atoms with Crippen LogP contribution in [0.1, 0.15) is 39.5 Å². The fourth-order valence-corrected chi connectivity index (χ4v) is 1.59. The second kappa shape index (κ2) is 5.35. The number of amides is 1. The zero-order valence-corrected chi connectivity index (χ0v) is 9.33. The molecule has 0 spiro atoms. The van der Waals surface area contributed by atoms with Crippen LogP contribution in [0.4, 0.5) is 0 Å². The lowest BCUT2D eigenvalue weighted by Gasteiger charge is -2.22. The molecule has 0 aromatic rings. The Bertz CT molecular complexity index is 188. The van der Waals surface area contributed by atoms with E-state index in [1.807, 2.05) is 0 Å². The standard InChI is InChI=1S/C11H22N2O/c1-9(2)5-7-13(10-3-4-10)8-6-11(12)14/h9-10H,3-8H2,1-2H3,(H2,12,14). The highest BCUT2D eigenvalue weighted by molar-refractivity contribution is 5.73. The Balaban J connectivity index is 2.20. The lowest BCUT2D eigenvalue weighted by Crippen LogP contribution is -2.31. The van der Waals surface area contributed by atoms with E-state index in [9.17, 15) is 4.79 Å². The summed E-state index contributed by atoms with van der Waals surface area (Å²) >= 11 is 0. The van der Waals surface area contributed by atoms with Crippen molar-refractivity contribution in [2.75, 3.05) is 13.1 Å². The Kier molecular flexibility index (Phi) is 4.39. The summed E-state index contributed by atoms with van der Waals surface area (Å²) in [5.41, 5.74) is 5.15. The summed E-state index contributed by atoms with van der Waals surface area (Å²) in [6, 6.07) is 0.744. The molecule has 1 aliphatic carbocycles. The van der Waals surface area contributed by atoms with Crippen molar-refractivity contribution in [3.63, 3.8) is 0 Å². The second-order valence-corrected chi connectivity index (χ2v) is 4.67. The SMILES string of the molecule is CC(C)CCN(CCC(N)=O)C1CC1. The highest BCUT2D eigenvalue weighted by Crippen LogP contribution is 2.27. The lowest BCUT2D eigenvalue weighted by atomic mass is 10.1. The molecule has 0 bridgehead atoms. The van der Waals surface area contributed by atoms with E-state index in [2.05, 4.69) is 18.7 Å². The van der Waals surface area contributed by atoms with Crippen LogP contribution < -0.4 is 5.73 Å². The predicted octanol–water partition coefficient (Wildman–Crippen LogP) is 1.37. The van der Waals surface area contributed by atoms with Gasteiger partial charge in [0.05, 0.1) is 0 Å². The third-order valence-corrected chi connectivity index (χ3v) is 2.70. The van der Waals surface area contributed by atoms with Crippen molar-refractivity contribution < 1.29 is 4.79 Å². The minimum Gasteiger partial charge on any atom is -0.370 e. The first-order valence-electron chi connectivity index (χ1n) is 5.62. The van der Waals surface area contributed by atoms with Gasteiger partial charge in [-0.2, -0.15) is 0 Å². The Morgan fingerprint density at radius 2 is 2.07 bits per heavy atom. The Morgan fingerprint density at radius 3 is 2.50 bits per heavy atom. The second-order valence-electron chi connectivity index (χ2n) is 4.67. The molecule has 2 N–H and O–H groups in total. The molecule has 1 saturated carbocycles. The van der Waals surface area contributed by atoms with Crippen molar-refractivity contribution in [2.45, 2.75) is 45.6 Å². The first kappa shape index (κ1) is 11.5. The maximum atomic E-state index is 10.7. The summed E-state index contributed by atoms with van der Waals surface area (Å²) in [7, 11) is 0. The largest absolute Gasteiger partial charge is 0.370 e. The van der Waals surface area contributed by atoms with Gasteiger partial charge in [-0.05, 0) is 31.7 Å². The van der Waals surface area contributed by atoms with E-state index >= 15 is 0 Å². The molecule has 0 radical (unpaired) electrons. The molecule has 1 rings (SSSR count). The number of nitrogens with two attached hydrogens (primary N) is 1. The average molecular weight is 198 g/mol. The molecule has 3 nitrogen and oxygen atoms in total. The zero-order valence-electron chi connectivity index (χ0n) is 9.33. The molecule has 14 heavy (non-hydrogen) atoms. The van der Waals surface area contributed by atoms with E-state index in [4.69, 9.17) is 5.73 Å². The van der Waals surface area contributed by atoms with Crippen LogP contribution in [0.2, 0.25) is 0 Å². The van der Waals surface area contributed by atoms with Gasteiger partial charge in [-0.1, -0.05) is 13.8 Å². The average Bonchev–Trinajstić information content (AvgIpc) is 2.86. The molecule has 1 aliphatic rings. The summed E-state index contributed by atoms with van der Waals surface area (Å²) in [5.74, 6) is 0.560. The number of carbonyl (C=O) groups excluding carboxylic acids is 1. The van der Waals surface area contributed by atoms with Gasteiger partial charge in [-0.3, -0.25) is 9.69 Å². The first-order valence-corrected chi connectivity index (χ1v) is 5.62. The van der Waals surface area contributed by atoms with Crippen LogP contribution in [0.3, 0.4) is 0 Å². The maximum Gasteiger partial charge on any atom is 0.218 e. The summed E-state index contributed by atoms with van der Waals surface area (Å²) in [6.07, 6.45) is 4.33. The Hall–Kier alpha value is -0.570. The molecule has 1 fully saturated rings. The van der Waals surface area contributed by atoms with Crippen LogP contribution >= 0.6 is 0 Å². The predicted molar refractivity (Wildman–Crippen MR) is 57.9 cm³/mol. The van der Waals surface area contributed by atoms with Gasteiger partial charge in [0.2, 0.25) is 5.91 Å². The number of primary amides is 1. The molecule has 0 unspecified atom stereocenters. The summed E-state index contributed by atoms with van der Waals surface area (Å²) in [6.45, 7) is 6.45. The van der Waals surface area contributed by atoms with Crippen LogP contribution in [-0.2, 0) is 4.79 Å². The van der Waals surface area contributed by atoms with Gasteiger partial charge < -0.3 is 5.73 Å². The molecule has 82 valence electrons. The topological polar surface area (TPSA) is 46.3 Å². The highest BCUT2D eigenvalue weighted by Gasteiger charge is 2.28. The van der Waals surface area contributed by atoms with Gasteiger partial charge in [0.25, 0.3) is 0 Å². The van der Waals surface area contributed by atoms with Crippen molar-refractivity contribution in [2.24, 2.45) is 11.7 Å². The van der Waals surface area contributed by atoms with Crippen LogP contribution in [0.15, 0.2) is 0 Å². The fraction of sp³-hybridized carbons (Fsp3) is 0.909. The van der Waals surface area contributed by atoms with Crippen molar-refractivity contribution in [1.82, 2.24) is 4.90 Å². The number of carbonyl (C=O) groups is 1. The monoisotopic (exact) mass is 198 g/mol. The molecule has 3 heteroatoms. The van der Waals surface area contributed by atoms with Crippen LogP contribution in [0.5, 0.6) is 0 Å². The van der Waals surface area contributed by atoms with Crippen LogP contribution in [-0.4, -0.2) is 29.9 Å². The highest BCUT2D eigenvalue weighted by atomic mass is 16.1. The molecule has 0 aromatic heterocycles. The van der Waals surface area contributed by atoms with Crippen molar-refractivity contribution in [3.8, 4) is 0 Å². The molecule has 0 aliphatic heterocycles. The molecule has 1 amide bonds. The molecular formula is C11H22N2O. The molecule has 0 aromatic carbocycles. The molecule has 0 heterocycles. The quantitative estimate of drug-likeness (QED) is 0.671. The lowest BCUT2D eigenvalue weighted by molar-refractivity contribution is -0.118. The van der Waals surface area contributed by atoms with Gasteiger partial charge in [0, 0.05) is 19.0 Å². The van der Waals surface area contributed by atoms with Crippen molar-refractivity contribution in [1.29, 1.82) is 0 Å². The van der Waals surface area contributed by atoms with Gasteiger partial charge in [-0.15, -0.1) is 0 Å². The van der Waals surface area contributed by atoms with E-state index in [1.165, 1.54) is 19.3 Å².